The van der Waals surface area contributed by atoms with Crippen molar-refractivity contribution in [3.63, 3.8) is 0 Å². The third kappa shape index (κ3) is 4.60. The topological polar surface area (TPSA) is 75.7 Å². The van der Waals surface area contributed by atoms with Gasteiger partial charge in [0.05, 0.1) is 23.1 Å². The first kappa shape index (κ1) is 20.5. The number of carbonyl (C=O) groups is 1. The van der Waals surface area contributed by atoms with Crippen LogP contribution >= 0.6 is 0 Å². The van der Waals surface area contributed by atoms with Crippen molar-refractivity contribution in [2.75, 3.05) is 13.1 Å². The van der Waals surface area contributed by atoms with Crippen LogP contribution in [0.4, 0.5) is 0 Å². The van der Waals surface area contributed by atoms with Crippen LogP contribution in [0.2, 0.25) is 0 Å². The molecule has 0 aliphatic carbocycles. The number of rotatable bonds is 5. The summed E-state index contributed by atoms with van der Waals surface area (Å²) in [5.41, 5.74) is 1.30. The van der Waals surface area contributed by atoms with Crippen LogP contribution in [-0.2, 0) is 14.8 Å². The van der Waals surface area contributed by atoms with E-state index in [4.69, 9.17) is 4.74 Å². The molecule has 0 radical (unpaired) electrons. The van der Waals surface area contributed by atoms with Gasteiger partial charge in [-0.1, -0.05) is 36.4 Å². The number of nitrogens with zero attached hydrogens (tertiary/aromatic N) is 1. The van der Waals surface area contributed by atoms with Gasteiger partial charge in [0.1, 0.15) is 0 Å². The Bertz CT molecular complexity index is 920. The van der Waals surface area contributed by atoms with Gasteiger partial charge in [-0.05, 0) is 44.5 Å². The van der Waals surface area contributed by atoms with Gasteiger partial charge in [0.2, 0.25) is 10.0 Å². The minimum atomic E-state index is -3.69. The Kier molecular flexibility index (Phi) is 6.17. The number of benzene rings is 2. The van der Waals surface area contributed by atoms with Gasteiger partial charge in [-0.15, -0.1) is 0 Å². The van der Waals surface area contributed by atoms with E-state index in [0.29, 0.717) is 18.7 Å². The van der Waals surface area contributed by atoms with Crippen molar-refractivity contribution in [3.8, 4) is 0 Å². The van der Waals surface area contributed by atoms with Crippen LogP contribution in [0.15, 0.2) is 59.5 Å². The summed E-state index contributed by atoms with van der Waals surface area (Å²) < 4.78 is 33.1. The average molecular weight is 403 g/mol. The van der Waals surface area contributed by atoms with Crippen LogP contribution in [0.25, 0.3) is 0 Å². The van der Waals surface area contributed by atoms with Crippen molar-refractivity contribution in [2.45, 2.75) is 43.9 Å². The zero-order valence-corrected chi connectivity index (χ0v) is 17.1. The normalized spacial score (nSPS) is 21.8. The van der Waals surface area contributed by atoms with Gasteiger partial charge < -0.3 is 10.1 Å². The summed E-state index contributed by atoms with van der Waals surface area (Å²) >= 11 is 0. The minimum absolute atomic E-state index is 0.119. The second-order valence-electron chi connectivity index (χ2n) is 7.21. The molecule has 1 aliphatic heterocycles. The van der Waals surface area contributed by atoms with Crippen molar-refractivity contribution in [1.29, 1.82) is 0 Å². The van der Waals surface area contributed by atoms with E-state index in [1.54, 1.807) is 12.1 Å². The molecule has 1 N–H and O–H groups in total. The van der Waals surface area contributed by atoms with Crippen LogP contribution in [0.1, 0.15) is 42.7 Å². The van der Waals surface area contributed by atoms with E-state index in [9.17, 15) is 13.2 Å². The standard InChI is InChI=1S/C21H26N2O4S/c1-15-13-23(14-16(2)27-15)28(25,26)20-11-7-10-19(12-20)21(24)22-17(3)18-8-5-4-6-9-18/h4-12,15-17H,13-14H2,1-3H3,(H,22,24). The van der Waals surface area contributed by atoms with Crippen molar-refractivity contribution in [1.82, 2.24) is 9.62 Å². The molecule has 2 aromatic rings. The number of sulfonamides is 1. The largest absolute Gasteiger partial charge is 0.373 e. The quantitative estimate of drug-likeness (QED) is 0.834. The second-order valence-corrected chi connectivity index (χ2v) is 9.15. The third-order valence-corrected chi connectivity index (χ3v) is 6.59. The van der Waals surface area contributed by atoms with E-state index in [1.807, 2.05) is 51.1 Å². The van der Waals surface area contributed by atoms with E-state index < -0.39 is 10.0 Å². The Morgan fingerprint density at radius 3 is 2.36 bits per heavy atom. The number of amides is 1. The average Bonchev–Trinajstić information content (AvgIpc) is 2.68. The summed E-state index contributed by atoms with van der Waals surface area (Å²) in [5, 5.41) is 2.92. The van der Waals surface area contributed by atoms with Gasteiger partial charge in [-0.25, -0.2) is 8.42 Å². The van der Waals surface area contributed by atoms with Gasteiger partial charge in [-0.3, -0.25) is 4.79 Å². The molecule has 28 heavy (non-hydrogen) atoms. The maximum Gasteiger partial charge on any atom is 0.251 e. The van der Waals surface area contributed by atoms with Gasteiger partial charge in [-0.2, -0.15) is 4.31 Å². The maximum atomic E-state index is 13.0. The Morgan fingerprint density at radius 1 is 1.07 bits per heavy atom. The van der Waals surface area contributed by atoms with E-state index in [0.717, 1.165) is 5.56 Å². The zero-order chi connectivity index (χ0) is 20.3. The molecule has 7 heteroatoms. The van der Waals surface area contributed by atoms with E-state index >= 15 is 0 Å². The molecule has 3 unspecified atom stereocenters. The fraction of sp³-hybridized carbons (Fsp3) is 0.381. The summed E-state index contributed by atoms with van der Waals surface area (Å²) in [6, 6.07) is 15.6. The molecular formula is C21H26N2O4S. The molecule has 6 nitrogen and oxygen atoms in total. The van der Waals surface area contributed by atoms with Crippen molar-refractivity contribution < 1.29 is 17.9 Å². The second kappa shape index (κ2) is 8.43. The number of hydrogen-bond donors (Lipinski definition) is 1. The number of ether oxygens (including phenoxy) is 1. The molecular weight excluding hydrogens is 376 g/mol. The summed E-state index contributed by atoms with van der Waals surface area (Å²) in [7, 11) is -3.69. The summed E-state index contributed by atoms with van der Waals surface area (Å²) in [6.45, 7) is 6.20. The van der Waals surface area contributed by atoms with Crippen molar-refractivity contribution >= 4 is 15.9 Å². The molecule has 1 aliphatic rings. The highest BCUT2D eigenvalue weighted by Gasteiger charge is 2.32. The SMILES string of the molecule is CC1CN(S(=O)(=O)c2cccc(C(=O)NC(C)c3ccccc3)c2)CC(C)O1. The Hall–Kier alpha value is -2.22. The van der Waals surface area contributed by atoms with Gasteiger partial charge in [0.15, 0.2) is 0 Å². The first-order valence-electron chi connectivity index (χ1n) is 9.39. The van der Waals surface area contributed by atoms with Crippen molar-refractivity contribution in [3.05, 3.63) is 65.7 Å². The summed E-state index contributed by atoms with van der Waals surface area (Å²) in [5.74, 6) is -0.308. The number of carbonyl (C=O) groups excluding carboxylic acids is 1. The highest BCUT2D eigenvalue weighted by Crippen LogP contribution is 2.22. The lowest BCUT2D eigenvalue weighted by atomic mass is 10.1. The molecule has 1 heterocycles. The lowest BCUT2D eigenvalue weighted by molar-refractivity contribution is -0.0440. The number of hydrogen-bond acceptors (Lipinski definition) is 4. The Morgan fingerprint density at radius 2 is 1.71 bits per heavy atom. The number of nitrogens with one attached hydrogen (secondary N) is 1. The van der Waals surface area contributed by atoms with Crippen LogP contribution in [-0.4, -0.2) is 43.9 Å². The fourth-order valence-electron chi connectivity index (χ4n) is 3.38. The van der Waals surface area contributed by atoms with E-state index in [-0.39, 0.29) is 29.1 Å². The number of morpholine rings is 1. The van der Waals surface area contributed by atoms with Gasteiger partial charge in [0, 0.05) is 18.7 Å². The monoisotopic (exact) mass is 402 g/mol. The smallest absolute Gasteiger partial charge is 0.251 e. The zero-order valence-electron chi connectivity index (χ0n) is 16.3. The van der Waals surface area contributed by atoms with E-state index in [1.165, 1.54) is 16.4 Å². The first-order valence-corrected chi connectivity index (χ1v) is 10.8. The third-order valence-electron chi connectivity index (χ3n) is 4.77. The maximum absolute atomic E-state index is 13.0. The molecule has 1 fully saturated rings. The minimum Gasteiger partial charge on any atom is -0.373 e. The van der Waals surface area contributed by atoms with Crippen LogP contribution in [0.5, 0.6) is 0 Å². The lowest BCUT2D eigenvalue weighted by Gasteiger charge is -2.34. The summed E-state index contributed by atoms with van der Waals surface area (Å²) in [6.07, 6.45) is -0.339. The van der Waals surface area contributed by atoms with Crippen LogP contribution < -0.4 is 5.32 Å². The molecule has 3 rings (SSSR count). The predicted octanol–water partition coefficient (Wildman–Crippen LogP) is 2.98. The van der Waals surface area contributed by atoms with Crippen LogP contribution in [0.3, 0.4) is 0 Å². The molecule has 0 spiro atoms. The Labute approximate surface area is 166 Å². The summed E-state index contributed by atoms with van der Waals surface area (Å²) in [4.78, 5) is 12.8. The molecule has 150 valence electrons. The fourth-order valence-corrected chi connectivity index (χ4v) is 5.02. The highest BCUT2D eigenvalue weighted by molar-refractivity contribution is 7.89. The van der Waals surface area contributed by atoms with Crippen molar-refractivity contribution in [2.24, 2.45) is 0 Å². The van der Waals surface area contributed by atoms with Crippen LogP contribution in [0, 0.1) is 0 Å². The lowest BCUT2D eigenvalue weighted by Crippen LogP contribution is -2.48. The first-order chi connectivity index (χ1) is 13.3. The predicted molar refractivity (Wildman–Crippen MR) is 108 cm³/mol. The highest BCUT2D eigenvalue weighted by atomic mass is 32.2. The molecule has 2 aromatic carbocycles. The Balaban J connectivity index is 1.78. The molecule has 0 bridgehead atoms. The van der Waals surface area contributed by atoms with Gasteiger partial charge in [0.25, 0.3) is 5.91 Å². The molecule has 0 saturated carbocycles. The van der Waals surface area contributed by atoms with E-state index in [2.05, 4.69) is 5.32 Å². The molecule has 0 aromatic heterocycles. The molecule has 1 amide bonds. The van der Waals surface area contributed by atoms with Gasteiger partial charge >= 0.3 is 0 Å². The molecule has 3 atom stereocenters. The molecule has 1 saturated heterocycles.